The highest BCUT2D eigenvalue weighted by atomic mass is 14.1. The third kappa shape index (κ3) is 2.54. The van der Waals surface area contributed by atoms with Gasteiger partial charge in [0.1, 0.15) is 0 Å². The molecule has 1 aromatic rings. The average Bonchev–Trinajstić information content (AvgIpc) is 2.15. The fourth-order valence-corrected chi connectivity index (χ4v) is 1.21. The predicted octanol–water partition coefficient (Wildman–Crippen LogP) is 3.57. The molecule has 0 heteroatoms. The maximum Gasteiger partial charge on any atom is -0.0159 e. The highest BCUT2D eigenvalue weighted by Crippen LogP contribution is 2.19. The Balaban J connectivity index is 2.53. The highest BCUT2D eigenvalue weighted by Gasteiger charge is 2.02. The van der Waals surface area contributed by atoms with E-state index < -0.39 is 0 Å². The second-order valence-electron chi connectivity index (χ2n) is 2.97. The van der Waals surface area contributed by atoms with Crippen molar-refractivity contribution >= 4 is 0 Å². The van der Waals surface area contributed by atoms with Crippen LogP contribution in [0.4, 0.5) is 0 Å². The molecule has 0 aliphatic heterocycles. The molecule has 12 heavy (non-hydrogen) atoms. The molecule has 1 atom stereocenters. The van der Waals surface area contributed by atoms with Gasteiger partial charge in [0.05, 0.1) is 0 Å². The summed E-state index contributed by atoms with van der Waals surface area (Å²) in [5, 5.41) is 0. The van der Waals surface area contributed by atoms with E-state index in [-0.39, 0.29) is 0 Å². The quantitative estimate of drug-likeness (QED) is 0.589. The predicted molar refractivity (Wildman–Crippen MR) is 54.0 cm³/mol. The molecular formula is C12H15. The normalized spacial score (nSPS) is 12.4. The third-order valence-corrected chi connectivity index (χ3v) is 1.99. The van der Waals surface area contributed by atoms with Crippen molar-refractivity contribution < 1.29 is 0 Å². The van der Waals surface area contributed by atoms with E-state index in [0.717, 1.165) is 12.8 Å². The molecule has 0 nitrogen and oxygen atoms in total. The van der Waals surface area contributed by atoms with Crippen LogP contribution >= 0.6 is 0 Å². The molecular weight excluding hydrogens is 144 g/mol. The zero-order valence-electron chi connectivity index (χ0n) is 7.37. The first-order chi connectivity index (χ1) is 5.84. The van der Waals surface area contributed by atoms with Crippen molar-refractivity contribution in [2.75, 3.05) is 0 Å². The van der Waals surface area contributed by atoms with E-state index in [1.54, 1.807) is 0 Å². The topological polar surface area (TPSA) is 0 Å². The fourth-order valence-electron chi connectivity index (χ4n) is 1.21. The molecule has 0 aliphatic rings. The van der Waals surface area contributed by atoms with Crippen LogP contribution in [-0.4, -0.2) is 0 Å². The van der Waals surface area contributed by atoms with Gasteiger partial charge in [-0.05, 0) is 31.2 Å². The molecule has 1 rings (SSSR count). The first-order valence-electron chi connectivity index (χ1n) is 4.33. The van der Waals surface area contributed by atoms with Gasteiger partial charge in [-0.1, -0.05) is 36.4 Å². The van der Waals surface area contributed by atoms with E-state index in [0.29, 0.717) is 5.92 Å². The number of rotatable bonds is 4. The lowest BCUT2D eigenvalue weighted by Crippen LogP contribution is -1.91. The van der Waals surface area contributed by atoms with Crippen LogP contribution in [0.2, 0.25) is 0 Å². The van der Waals surface area contributed by atoms with Gasteiger partial charge in [-0.2, -0.15) is 0 Å². The molecule has 1 radical (unpaired) electrons. The summed E-state index contributed by atoms with van der Waals surface area (Å²) < 4.78 is 0. The first kappa shape index (κ1) is 9.05. The van der Waals surface area contributed by atoms with Crippen LogP contribution < -0.4 is 0 Å². The van der Waals surface area contributed by atoms with Gasteiger partial charge in [0, 0.05) is 0 Å². The molecule has 1 unspecified atom stereocenters. The van der Waals surface area contributed by atoms with Gasteiger partial charge >= 0.3 is 0 Å². The highest BCUT2D eigenvalue weighted by molar-refractivity contribution is 5.20. The Morgan fingerprint density at radius 2 is 1.92 bits per heavy atom. The standard InChI is InChI=1S/C12H15/c1-3-4-8-11(2)12-9-6-5-7-10-12/h3,5-7,9-11H,1-2,4,8H2. The van der Waals surface area contributed by atoms with E-state index in [9.17, 15) is 0 Å². The molecule has 0 aromatic heterocycles. The van der Waals surface area contributed by atoms with Gasteiger partial charge in [0.25, 0.3) is 0 Å². The SMILES string of the molecule is [CH2]C(CCC=C)c1ccccc1. The summed E-state index contributed by atoms with van der Waals surface area (Å²) in [5.74, 6) is 0.407. The maximum atomic E-state index is 4.10. The van der Waals surface area contributed by atoms with E-state index in [1.807, 2.05) is 12.1 Å². The van der Waals surface area contributed by atoms with E-state index in [2.05, 4.69) is 37.8 Å². The van der Waals surface area contributed by atoms with Crippen LogP contribution in [0.3, 0.4) is 0 Å². The second kappa shape index (κ2) is 4.76. The lowest BCUT2D eigenvalue weighted by Gasteiger charge is -2.09. The molecule has 0 saturated carbocycles. The van der Waals surface area contributed by atoms with Crippen molar-refractivity contribution in [3.05, 3.63) is 55.5 Å². The van der Waals surface area contributed by atoms with Gasteiger partial charge in [0.2, 0.25) is 0 Å². The Morgan fingerprint density at radius 1 is 1.25 bits per heavy atom. The van der Waals surface area contributed by atoms with Gasteiger partial charge in [-0.25, -0.2) is 0 Å². The van der Waals surface area contributed by atoms with E-state index >= 15 is 0 Å². The van der Waals surface area contributed by atoms with Crippen LogP contribution in [0.5, 0.6) is 0 Å². The van der Waals surface area contributed by atoms with Crippen molar-refractivity contribution in [1.82, 2.24) is 0 Å². The zero-order chi connectivity index (χ0) is 8.81. The Labute approximate surface area is 74.9 Å². The van der Waals surface area contributed by atoms with E-state index in [4.69, 9.17) is 0 Å². The molecule has 0 bridgehead atoms. The van der Waals surface area contributed by atoms with Crippen molar-refractivity contribution in [2.24, 2.45) is 0 Å². The summed E-state index contributed by atoms with van der Waals surface area (Å²) in [5.41, 5.74) is 1.32. The molecule has 0 amide bonds. The minimum Gasteiger partial charge on any atom is -0.103 e. The van der Waals surface area contributed by atoms with Crippen LogP contribution in [0, 0.1) is 6.92 Å². The number of benzene rings is 1. The molecule has 1 aromatic carbocycles. The summed E-state index contributed by atoms with van der Waals surface area (Å²) in [6.07, 6.45) is 4.08. The fraction of sp³-hybridized carbons (Fsp3) is 0.250. The molecule has 0 spiro atoms. The first-order valence-corrected chi connectivity index (χ1v) is 4.33. The molecule has 0 aliphatic carbocycles. The Bertz CT molecular complexity index is 223. The van der Waals surface area contributed by atoms with Crippen molar-refractivity contribution in [1.29, 1.82) is 0 Å². The van der Waals surface area contributed by atoms with E-state index in [1.165, 1.54) is 5.56 Å². The van der Waals surface area contributed by atoms with Crippen LogP contribution in [-0.2, 0) is 0 Å². The summed E-state index contributed by atoms with van der Waals surface area (Å²) >= 11 is 0. The number of hydrogen-bond donors (Lipinski definition) is 0. The zero-order valence-corrected chi connectivity index (χ0v) is 7.37. The summed E-state index contributed by atoms with van der Waals surface area (Å²) in [6.45, 7) is 7.80. The summed E-state index contributed by atoms with van der Waals surface area (Å²) in [4.78, 5) is 0. The molecule has 0 fully saturated rings. The van der Waals surface area contributed by atoms with Crippen molar-refractivity contribution in [3.63, 3.8) is 0 Å². The molecule has 0 heterocycles. The summed E-state index contributed by atoms with van der Waals surface area (Å²) in [7, 11) is 0. The monoisotopic (exact) mass is 159 g/mol. The Hall–Kier alpha value is -1.04. The third-order valence-electron chi connectivity index (χ3n) is 1.99. The second-order valence-corrected chi connectivity index (χ2v) is 2.97. The Kier molecular flexibility index (Phi) is 3.59. The average molecular weight is 159 g/mol. The van der Waals surface area contributed by atoms with Gasteiger partial charge < -0.3 is 0 Å². The van der Waals surface area contributed by atoms with Gasteiger partial charge in [0.15, 0.2) is 0 Å². The van der Waals surface area contributed by atoms with Crippen LogP contribution in [0.1, 0.15) is 24.3 Å². The lowest BCUT2D eigenvalue weighted by molar-refractivity contribution is 0.748. The Morgan fingerprint density at radius 3 is 2.50 bits per heavy atom. The van der Waals surface area contributed by atoms with Gasteiger partial charge in [-0.3, -0.25) is 0 Å². The van der Waals surface area contributed by atoms with Crippen LogP contribution in [0.25, 0.3) is 0 Å². The maximum absolute atomic E-state index is 4.10. The number of allylic oxidation sites excluding steroid dienone is 1. The largest absolute Gasteiger partial charge is 0.103 e. The molecule has 63 valence electrons. The van der Waals surface area contributed by atoms with Gasteiger partial charge in [-0.15, -0.1) is 6.58 Å². The molecule has 0 saturated heterocycles. The summed E-state index contributed by atoms with van der Waals surface area (Å²) in [6, 6.07) is 10.4. The lowest BCUT2D eigenvalue weighted by atomic mass is 9.96. The van der Waals surface area contributed by atoms with Crippen LogP contribution in [0.15, 0.2) is 43.0 Å². The minimum atomic E-state index is 0.407. The smallest absolute Gasteiger partial charge is 0.0159 e. The number of hydrogen-bond acceptors (Lipinski definition) is 0. The van der Waals surface area contributed by atoms with Crippen molar-refractivity contribution in [3.8, 4) is 0 Å². The molecule has 0 N–H and O–H groups in total. The minimum absolute atomic E-state index is 0.407. The van der Waals surface area contributed by atoms with Crippen molar-refractivity contribution in [2.45, 2.75) is 18.8 Å².